The van der Waals surface area contributed by atoms with Gasteiger partial charge in [0, 0.05) is 24.3 Å². The summed E-state index contributed by atoms with van der Waals surface area (Å²) in [7, 11) is 0. The van der Waals surface area contributed by atoms with E-state index in [9.17, 15) is 19.2 Å². The van der Waals surface area contributed by atoms with E-state index < -0.39 is 5.41 Å². The SMILES string of the molecule is Cc1cc(C2(c3ccc(N4C(=O)C=CC4=O)c(C)c3)c3ccccc3-c3ccccc32)ccc1N1C(=O)C=CC1=O. The molecule has 0 atom stereocenters. The highest BCUT2D eigenvalue weighted by atomic mass is 16.2. The van der Waals surface area contributed by atoms with Gasteiger partial charge in [-0.05, 0) is 70.5 Å². The van der Waals surface area contributed by atoms with Gasteiger partial charge in [0.2, 0.25) is 0 Å². The lowest BCUT2D eigenvalue weighted by molar-refractivity contribution is -0.121. The molecule has 0 N–H and O–H groups in total. The molecule has 0 unspecified atom stereocenters. The lowest BCUT2D eigenvalue weighted by atomic mass is 9.67. The third-order valence-electron chi connectivity index (χ3n) is 8.31. The first kappa shape index (κ1) is 24.7. The van der Waals surface area contributed by atoms with Gasteiger partial charge in [-0.15, -0.1) is 0 Å². The maximum absolute atomic E-state index is 12.5. The number of benzene rings is 4. The summed E-state index contributed by atoms with van der Waals surface area (Å²) in [6, 6.07) is 28.4. The zero-order valence-electron chi connectivity index (χ0n) is 22.4. The van der Waals surface area contributed by atoms with Gasteiger partial charge in [-0.2, -0.15) is 0 Å². The van der Waals surface area contributed by atoms with Gasteiger partial charge in [0.1, 0.15) is 0 Å². The number of hydrogen-bond donors (Lipinski definition) is 0. The highest BCUT2D eigenvalue weighted by molar-refractivity contribution is 6.29. The van der Waals surface area contributed by atoms with E-state index in [1.54, 1.807) is 0 Å². The smallest absolute Gasteiger partial charge is 0.258 e. The molecular formula is C35H24N2O4. The summed E-state index contributed by atoms with van der Waals surface area (Å²) >= 11 is 0. The second-order valence-corrected chi connectivity index (χ2v) is 10.5. The van der Waals surface area contributed by atoms with Gasteiger partial charge in [-0.25, -0.2) is 9.80 Å². The van der Waals surface area contributed by atoms with Crippen molar-refractivity contribution in [2.45, 2.75) is 19.3 Å². The van der Waals surface area contributed by atoms with Crippen LogP contribution in [0.5, 0.6) is 0 Å². The lowest BCUT2D eigenvalue weighted by Crippen LogP contribution is -2.32. The second-order valence-electron chi connectivity index (χ2n) is 10.5. The van der Waals surface area contributed by atoms with Crippen LogP contribution in [0.4, 0.5) is 11.4 Å². The Balaban J connectivity index is 1.48. The topological polar surface area (TPSA) is 74.8 Å². The quantitative estimate of drug-likeness (QED) is 0.283. The zero-order valence-corrected chi connectivity index (χ0v) is 22.4. The molecule has 2 heterocycles. The van der Waals surface area contributed by atoms with Crippen LogP contribution < -0.4 is 9.80 Å². The predicted molar refractivity (Wildman–Crippen MR) is 156 cm³/mol. The van der Waals surface area contributed by atoms with Crippen LogP contribution in [0.3, 0.4) is 0 Å². The average Bonchev–Trinajstić information content (AvgIpc) is 3.59. The van der Waals surface area contributed by atoms with Crippen LogP contribution in [0.2, 0.25) is 0 Å². The zero-order chi connectivity index (χ0) is 28.5. The number of anilines is 2. The Morgan fingerprint density at radius 1 is 0.488 bits per heavy atom. The minimum absolute atomic E-state index is 0.358. The highest BCUT2D eigenvalue weighted by Crippen LogP contribution is 2.56. The summed E-state index contributed by atoms with van der Waals surface area (Å²) in [4.78, 5) is 52.3. The van der Waals surface area contributed by atoms with Crippen LogP contribution in [-0.4, -0.2) is 23.6 Å². The molecular weight excluding hydrogens is 512 g/mol. The minimum atomic E-state index is -0.728. The Kier molecular flexibility index (Phi) is 5.31. The number of fused-ring (bicyclic) bond motifs is 3. The number of hydrogen-bond acceptors (Lipinski definition) is 4. The molecule has 0 aromatic heterocycles. The molecule has 0 saturated heterocycles. The second kappa shape index (κ2) is 8.83. The molecule has 7 rings (SSSR count). The van der Waals surface area contributed by atoms with E-state index in [2.05, 4.69) is 24.3 Å². The number of imide groups is 2. The summed E-state index contributed by atoms with van der Waals surface area (Å²) < 4.78 is 0. The van der Waals surface area contributed by atoms with Crippen molar-refractivity contribution in [3.63, 3.8) is 0 Å². The van der Waals surface area contributed by atoms with E-state index >= 15 is 0 Å². The van der Waals surface area contributed by atoms with Gasteiger partial charge >= 0.3 is 0 Å². The van der Waals surface area contributed by atoms with Gasteiger partial charge < -0.3 is 0 Å². The van der Waals surface area contributed by atoms with Crippen molar-refractivity contribution in [2.75, 3.05) is 9.80 Å². The predicted octanol–water partition coefficient (Wildman–Crippen LogP) is 5.53. The number of amides is 4. The van der Waals surface area contributed by atoms with Gasteiger partial charge in [0.15, 0.2) is 0 Å². The Labute approximate surface area is 236 Å². The first-order valence-electron chi connectivity index (χ1n) is 13.4. The maximum Gasteiger partial charge on any atom is 0.258 e. The maximum atomic E-state index is 12.5. The van der Waals surface area contributed by atoms with Crippen LogP contribution in [0.1, 0.15) is 33.4 Å². The summed E-state index contributed by atoms with van der Waals surface area (Å²) in [5, 5.41) is 0. The molecule has 4 amide bonds. The fourth-order valence-corrected chi connectivity index (χ4v) is 6.58. The molecule has 4 aromatic carbocycles. The van der Waals surface area contributed by atoms with E-state index in [0.717, 1.165) is 44.5 Å². The molecule has 0 bridgehead atoms. The van der Waals surface area contributed by atoms with Gasteiger partial charge in [-0.1, -0.05) is 72.8 Å². The van der Waals surface area contributed by atoms with Gasteiger partial charge in [-0.3, -0.25) is 19.2 Å². The monoisotopic (exact) mass is 536 g/mol. The largest absolute Gasteiger partial charge is 0.269 e. The van der Waals surface area contributed by atoms with Crippen molar-refractivity contribution in [3.8, 4) is 11.1 Å². The summed E-state index contributed by atoms with van der Waals surface area (Å²) in [6.45, 7) is 3.81. The molecule has 41 heavy (non-hydrogen) atoms. The Morgan fingerprint density at radius 2 is 0.854 bits per heavy atom. The lowest BCUT2D eigenvalue weighted by Gasteiger charge is -2.35. The summed E-state index contributed by atoms with van der Waals surface area (Å²) in [5.74, 6) is -1.43. The molecule has 0 spiro atoms. The average molecular weight is 537 g/mol. The van der Waals surface area contributed by atoms with E-state index in [4.69, 9.17) is 0 Å². The number of carbonyl (C=O) groups excluding carboxylic acids is 4. The van der Waals surface area contributed by atoms with Crippen molar-refractivity contribution in [3.05, 3.63) is 143 Å². The standard InChI is InChI=1S/C35H24N2O4/c1-21-19-23(11-13-29(21)36-31(38)15-16-32(36)39)35(27-9-5-3-7-25(27)26-8-4-6-10-28(26)35)24-12-14-30(22(2)20-24)37-33(40)17-18-34(37)41/h3-20H,1-2H3. The number of aryl methyl sites for hydroxylation is 2. The van der Waals surface area contributed by atoms with Crippen molar-refractivity contribution >= 4 is 35.0 Å². The summed E-state index contributed by atoms with van der Waals surface area (Å²) in [6.07, 6.45) is 5.15. The van der Waals surface area contributed by atoms with Crippen LogP contribution in [0, 0.1) is 13.8 Å². The molecule has 6 heteroatoms. The number of carbonyl (C=O) groups is 4. The first-order valence-corrected chi connectivity index (χ1v) is 13.4. The van der Waals surface area contributed by atoms with Gasteiger partial charge in [0.05, 0.1) is 16.8 Å². The minimum Gasteiger partial charge on any atom is -0.269 e. The molecule has 2 aliphatic heterocycles. The highest BCUT2D eigenvalue weighted by Gasteiger charge is 2.46. The van der Waals surface area contributed by atoms with Crippen molar-refractivity contribution < 1.29 is 19.2 Å². The Morgan fingerprint density at radius 3 is 1.22 bits per heavy atom. The Hall–Kier alpha value is -5.36. The fourth-order valence-electron chi connectivity index (χ4n) is 6.58. The van der Waals surface area contributed by atoms with Crippen molar-refractivity contribution in [2.24, 2.45) is 0 Å². The van der Waals surface area contributed by atoms with Crippen molar-refractivity contribution in [1.29, 1.82) is 0 Å². The molecule has 0 saturated carbocycles. The number of rotatable bonds is 4. The molecule has 0 fully saturated rings. The molecule has 0 radical (unpaired) electrons. The van der Waals surface area contributed by atoms with Crippen LogP contribution >= 0.6 is 0 Å². The Bertz CT molecular complexity index is 1740. The normalized spacial score (nSPS) is 16.6. The fraction of sp³-hybridized carbons (Fsp3) is 0.0857. The molecule has 1 aliphatic carbocycles. The van der Waals surface area contributed by atoms with E-state index in [0.29, 0.717) is 11.4 Å². The molecule has 198 valence electrons. The van der Waals surface area contributed by atoms with Gasteiger partial charge in [0.25, 0.3) is 23.6 Å². The van der Waals surface area contributed by atoms with E-state index in [1.807, 2.05) is 74.5 Å². The van der Waals surface area contributed by atoms with Crippen molar-refractivity contribution in [1.82, 2.24) is 0 Å². The van der Waals surface area contributed by atoms with E-state index in [-0.39, 0.29) is 23.6 Å². The first-order chi connectivity index (χ1) is 19.8. The van der Waals surface area contributed by atoms with E-state index in [1.165, 1.54) is 34.1 Å². The molecule has 3 aliphatic rings. The third kappa shape index (κ3) is 3.37. The van der Waals surface area contributed by atoms with Crippen LogP contribution in [0.15, 0.2) is 109 Å². The molecule has 4 aromatic rings. The summed E-state index contributed by atoms with van der Waals surface area (Å²) in [5.41, 5.74) is 8.36. The van der Waals surface area contributed by atoms with Crippen LogP contribution in [0.25, 0.3) is 11.1 Å². The molecule has 6 nitrogen and oxygen atoms in total. The van der Waals surface area contributed by atoms with Crippen LogP contribution in [-0.2, 0) is 24.6 Å². The number of nitrogens with zero attached hydrogens (tertiary/aromatic N) is 2. The third-order valence-corrected chi connectivity index (χ3v) is 8.31.